The number of rotatable bonds is 3. The first-order valence-corrected chi connectivity index (χ1v) is 7.45. The first kappa shape index (κ1) is 17.1. The van der Waals surface area contributed by atoms with Crippen LogP contribution >= 0.6 is 11.6 Å². The molecule has 1 aromatic carbocycles. The standard InChI is InChI=1S/C15H17ClN2O5/c1-10(19)17-4-6-18(7-5-17)14(21)9-23-15(22)12-3-2-11(16)8-13(12)20/h2-3,8,20H,4-7,9H2,1H3. The Balaban J connectivity index is 1.85. The molecule has 23 heavy (non-hydrogen) atoms. The average Bonchev–Trinajstić information content (AvgIpc) is 2.52. The highest BCUT2D eigenvalue weighted by Gasteiger charge is 2.23. The van der Waals surface area contributed by atoms with Gasteiger partial charge >= 0.3 is 5.97 Å². The second kappa shape index (κ2) is 7.32. The number of aromatic hydroxyl groups is 1. The van der Waals surface area contributed by atoms with Crippen molar-refractivity contribution < 1.29 is 24.2 Å². The van der Waals surface area contributed by atoms with Gasteiger partial charge in [0.15, 0.2) is 6.61 Å². The molecule has 1 N–H and O–H groups in total. The van der Waals surface area contributed by atoms with E-state index in [-0.39, 0.29) is 23.1 Å². The first-order chi connectivity index (χ1) is 10.9. The number of benzene rings is 1. The highest BCUT2D eigenvalue weighted by Crippen LogP contribution is 2.22. The van der Waals surface area contributed by atoms with Crippen molar-refractivity contribution in [2.75, 3.05) is 32.8 Å². The molecular formula is C15H17ClN2O5. The number of phenols is 1. The highest BCUT2D eigenvalue weighted by atomic mass is 35.5. The lowest BCUT2D eigenvalue weighted by atomic mass is 10.2. The maximum Gasteiger partial charge on any atom is 0.342 e. The number of ether oxygens (including phenoxy) is 1. The number of carbonyl (C=O) groups is 3. The predicted molar refractivity (Wildman–Crippen MR) is 82.2 cm³/mol. The molecule has 1 aromatic rings. The Bertz CT molecular complexity index is 626. The van der Waals surface area contributed by atoms with E-state index in [1.54, 1.807) is 4.90 Å². The van der Waals surface area contributed by atoms with Crippen LogP contribution in [-0.4, -0.2) is 65.5 Å². The van der Waals surface area contributed by atoms with E-state index >= 15 is 0 Å². The number of phenolic OH excluding ortho intramolecular Hbond substituents is 1. The van der Waals surface area contributed by atoms with Gasteiger partial charge in [-0.3, -0.25) is 9.59 Å². The maximum absolute atomic E-state index is 12.0. The largest absolute Gasteiger partial charge is 0.507 e. The fraction of sp³-hybridized carbons (Fsp3) is 0.400. The Morgan fingerprint density at radius 3 is 2.35 bits per heavy atom. The van der Waals surface area contributed by atoms with E-state index in [9.17, 15) is 19.5 Å². The molecule has 2 amide bonds. The van der Waals surface area contributed by atoms with Crippen molar-refractivity contribution >= 4 is 29.4 Å². The van der Waals surface area contributed by atoms with Gasteiger partial charge in [0.25, 0.3) is 5.91 Å². The summed E-state index contributed by atoms with van der Waals surface area (Å²) in [4.78, 5) is 38.3. The topological polar surface area (TPSA) is 87.2 Å². The minimum absolute atomic E-state index is 0.0262. The van der Waals surface area contributed by atoms with Gasteiger partial charge in [0.1, 0.15) is 11.3 Å². The summed E-state index contributed by atoms with van der Waals surface area (Å²) in [7, 11) is 0. The monoisotopic (exact) mass is 340 g/mol. The molecule has 1 saturated heterocycles. The zero-order valence-electron chi connectivity index (χ0n) is 12.6. The van der Waals surface area contributed by atoms with Gasteiger partial charge in [-0.1, -0.05) is 11.6 Å². The molecule has 0 aromatic heterocycles. The van der Waals surface area contributed by atoms with Crippen molar-refractivity contribution in [2.24, 2.45) is 0 Å². The molecule has 124 valence electrons. The minimum Gasteiger partial charge on any atom is -0.507 e. The summed E-state index contributed by atoms with van der Waals surface area (Å²) >= 11 is 5.68. The lowest BCUT2D eigenvalue weighted by molar-refractivity contribution is -0.140. The van der Waals surface area contributed by atoms with Crippen LogP contribution in [0.5, 0.6) is 5.75 Å². The number of esters is 1. The number of hydrogen-bond acceptors (Lipinski definition) is 5. The molecule has 0 spiro atoms. The van der Waals surface area contributed by atoms with E-state index < -0.39 is 12.6 Å². The van der Waals surface area contributed by atoms with E-state index in [0.717, 1.165) is 0 Å². The molecule has 0 radical (unpaired) electrons. The molecule has 0 unspecified atom stereocenters. The molecule has 1 heterocycles. The van der Waals surface area contributed by atoms with Crippen LogP contribution in [0.1, 0.15) is 17.3 Å². The van der Waals surface area contributed by atoms with Crippen LogP contribution < -0.4 is 0 Å². The smallest absolute Gasteiger partial charge is 0.342 e. The molecule has 0 atom stereocenters. The van der Waals surface area contributed by atoms with Gasteiger partial charge in [0.05, 0.1) is 0 Å². The summed E-state index contributed by atoms with van der Waals surface area (Å²) in [6, 6.07) is 4.00. The summed E-state index contributed by atoms with van der Waals surface area (Å²) in [6.45, 7) is 2.81. The van der Waals surface area contributed by atoms with Crippen LogP contribution in [0.2, 0.25) is 5.02 Å². The predicted octanol–water partition coefficient (Wildman–Crippen LogP) is 0.893. The first-order valence-electron chi connectivity index (χ1n) is 7.07. The third-order valence-electron chi connectivity index (χ3n) is 3.58. The van der Waals surface area contributed by atoms with Crippen LogP contribution in [0.15, 0.2) is 18.2 Å². The van der Waals surface area contributed by atoms with Crippen LogP contribution in [-0.2, 0) is 14.3 Å². The Morgan fingerprint density at radius 1 is 1.17 bits per heavy atom. The Hall–Kier alpha value is -2.28. The van der Waals surface area contributed by atoms with Crippen molar-refractivity contribution in [1.82, 2.24) is 9.80 Å². The van der Waals surface area contributed by atoms with Crippen LogP contribution in [0.3, 0.4) is 0 Å². The Labute approximate surface area is 138 Å². The van der Waals surface area contributed by atoms with Crippen LogP contribution in [0.4, 0.5) is 0 Å². The summed E-state index contributed by atoms with van der Waals surface area (Å²) in [5, 5.41) is 9.93. The second-order valence-corrected chi connectivity index (χ2v) is 5.56. The number of halogens is 1. The lowest BCUT2D eigenvalue weighted by Crippen LogP contribution is -2.51. The molecule has 0 bridgehead atoms. The lowest BCUT2D eigenvalue weighted by Gasteiger charge is -2.34. The zero-order valence-corrected chi connectivity index (χ0v) is 13.4. The third-order valence-corrected chi connectivity index (χ3v) is 3.82. The average molecular weight is 341 g/mol. The number of piperazine rings is 1. The Morgan fingerprint density at radius 2 is 1.78 bits per heavy atom. The Kier molecular flexibility index (Phi) is 5.44. The third kappa shape index (κ3) is 4.35. The SMILES string of the molecule is CC(=O)N1CCN(C(=O)COC(=O)c2ccc(Cl)cc2O)CC1. The molecule has 1 aliphatic rings. The minimum atomic E-state index is -0.796. The van der Waals surface area contributed by atoms with E-state index in [2.05, 4.69) is 0 Å². The van der Waals surface area contributed by atoms with Gasteiger partial charge < -0.3 is 19.6 Å². The molecule has 7 nitrogen and oxygen atoms in total. The van der Waals surface area contributed by atoms with Gasteiger partial charge in [0.2, 0.25) is 5.91 Å². The van der Waals surface area contributed by atoms with Gasteiger partial charge in [-0.05, 0) is 18.2 Å². The van der Waals surface area contributed by atoms with Gasteiger partial charge in [0, 0.05) is 38.1 Å². The molecule has 0 aliphatic carbocycles. The normalized spacial score (nSPS) is 14.5. The molecule has 1 aliphatic heterocycles. The fourth-order valence-electron chi connectivity index (χ4n) is 2.24. The number of carbonyl (C=O) groups excluding carboxylic acids is 3. The maximum atomic E-state index is 12.0. The second-order valence-electron chi connectivity index (χ2n) is 5.12. The molecule has 8 heteroatoms. The van der Waals surface area contributed by atoms with Gasteiger partial charge in [-0.15, -0.1) is 0 Å². The van der Waals surface area contributed by atoms with Crippen molar-refractivity contribution in [2.45, 2.75) is 6.92 Å². The van der Waals surface area contributed by atoms with Crippen molar-refractivity contribution in [3.05, 3.63) is 28.8 Å². The number of amides is 2. The summed E-state index contributed by atoms with van der Waals surface area (Å²) in [6.07, 6.45) is 0. The van der Waals surface area contributed by atoms with Gasteiger partial charge in [-0.25, -0.2) is 4.79 Å². The quantitative estimate of drug-likeness (QED) is 0.826. The van der Waals surface area contributed by atoms with E-state index in [1.165, 1.54) is 30.0 Å². The van der Waals surface area contributed by atoms with E-state index in [1.807, 2.05) is 0 Å². The van der Waals surface area contributed by atoms with E-state index in [0.29, 0.717) is 31.2 Å². The highest BCUT2D eigenvalue weighted by molar-refractivity contribution is 6.30. The summed E-state index contributed by atoms with van der Waals surface area (Å²) < 4.78 is 4.92. The number of hydrogen-bond donors (Lipinski definition) is 1. The zero-order chi connectivity index (χ0) is 17.0. The molecule has 0 saturated carbocycles. The van der Waals surface area contributed by atoms with Crippen LogP contribution in [0, 0.1) is 0 Å². The summed E-state index contributed by atoms with van der Waals surface area (Å²) in [5.74, 6) is -1.46. The fourth-order valence-corrected chi connectivity index (χ4v) is 2.41. The molecular weight excluding hydrogens is 324 g/mol. The van der Waals surface area contributed by atoms with E-state index in [4.69, 9.17) is 16.3 Å². The van der Waals surface area contributed by atoms with Crippen LogP contribution in [0.25, 0.3) is 0 Å². The van der Waals surface area contributed by atoms with Crippen molar-refractivity contribution in [3.8, 4) is 5.75 Å². The van der Waals surface area contributed by atoms with Crippen molar-refractivity contribution in [1.29, 1.82) is 0 Å². The summed E-state index contributed by atoms with van der Waals surface area (Å²) in [5.41, 5.74) is -0.0522. The van der Waals surface area contributed by atoms with Gasteiger partial charge in [-0.2, -0.15) is 0 Å². The van der Waals surface area contributed by atoms with Crippen molar-refractivity contribution in [3.63, 3.8) is 0 Å². The molecule has 2 rings (SSSR count). The molecule has 1 fully saturated rings. The number of nitrogens with zero attached hydrogens (tertiary/aromatic N) is 2.